The Kier molecular flexibility index (Phi) is 7.92. The second kappa shape index (κ2) is 10.4. The maximum Gasteiger partial charge on any atom is 0.0816 e. The number of piperazine rings is 1. The van der Waals surface area contributed by atoms with E-state index in [0.717, 1.165) is 56.9 Å². The van der Waals surface area contributed by atoms with Crippen LogP contribution in [-0.4, -0.2) is 54.7 Å². The van der Waals surface area contributed by atoms with Gasteiger partial charge in [-0.25, -0.2) is 0 Å². The van der Waals surface area contributed by atoms with Gasteiger partial charge < -0.3 is 15.3 Å². The van der Waals surface area contributed by atoms with Gasteiger partial charge in [0.05, 0.1) is 6.10 Å². The van der Waals surface area contributed by atoms with Crippen LogP contribution in [0.3, 0.4) is 0 Å². The van der Waals surface area contributed by atoms with Gasteiger partial charge >= 0.3 is 0 Å². The van der Waals surface area contributed by atoms with Crippen molar-refractivity contribution in [3.63, 3.8) is 0 Å². The summed E-state index contributed by atoms with van der Waals surface area (Å²) in [5, 5.41) is 17.2. The molecule has 0 radical (unpaired) electrons. The summed E-state index contributed by atoms with van der Waals surface area (Å²) >= 11 is 1.71. The second-order valence-electron chi connectivity index (χ2n) is 7.56. The van der Waals surface area contributed by atoms with E-state index in [1.54, 1.807) is 11.3 Å². The largest absolute Gasteiger partial charge is 0.388 e. The molecule has 6 heteroatoms. The average molecular weight is 432 g/mol. The van der Waals surface area contributed by atoms with Crippen LogP contribution in [0.5, 0.6) is 0 Å². The fraction of sp³-hybridized carbons (Fsp3) is 0.391. The molecule has 1 fully saturated rings. The predicted octanol–water partition coefficient (Wildman–Crippen LogP) is 4.61. The van der Waals surface area contributed by atoms with Gasteiger partial charge in [0.1, 0.15) is 0 Å². The van der Waals surface area contributed by atoms with Crippen LogP contribution in [0.25, 0.3) is 10.1 Å². The maximum absolute atomic E-state index is 10.8. The topological polar surface area (TPSA) is 38.7 Å². The number of aliphatic hydroxyl groups excluding tert-OH is 1. The van der Waals surface area contributed by atoms with Gasteiger partial charge in [-0.15, -0.1) is 23.7 Å². The van der Waals surface area contributed by atoms with E-state index in [2.05, 4.69) is 69.0 Å². The van der Waals surface area contributed by atoms with E-state index in [4.69, 9.17) is 0 Å². The molecule has 1 aliphatic rings. The molecule has 1 aliphatic heterocycles. The fourth-order valence-corrected chi connectivity index (χ4v) is 4.98. The van der Waals surface area contributed by atoms with E-state index < -0.39 is 6.10 Å². The first-order chi connectivity index (χ1) is 13.7. The summed E-state index contributed by atoms with van der Waals surface area (Å²) in [4.78, 5) is 5.01. The molecule has 0 amide bonds. The molecule has 2 N–H and O–H groups in total. The van der Waals surface area contributed by atoms with E-state index in [0.29, 0.717) is 0 Å². The Morgan fingerprint density at radius 3 is 2.48 bits per heavy atom. The lowest BCUT2D eigenvalue weighted by molar-refractivity contribution is 0.0999. The molecule has 1 aromatic heterocycles. The van der Waals surface area contributed by atoms with Crippen LogP contribution >= 0.6 is 23.7 Å². The number of aliphatic hydroxyl groups is 1. The standard InChI is InChI=1S/C23H29N3OS.ClH/c1-24-19-7-8-20-21(17-28-23(20)15-19)22(27)9-10-25-11-13-26(14-12-25)16-18-5-3-2-4-6-18;/h2-8,15,17,22,24,27H,9-14,16H2,1H3;1H. The number of nitrogens with zero attached hydrogens (tertiary/aromatic N) is 2. The van der Waals surface area contributed by atoms with Gasteiger partial charge in [-0.2, -0.15) is 0 Å². The number of thiophene rings is 1. The zero-order valence-corrected chi connectivity index (χ0v) is 18.5. The summed E-state index contributed by atoms with van der Waals surface area (Å²) in [7, 11) is 1.93. The fourth-order valence-electron chi connectivity index (χ4n) is 3.94. The Morgan fingerprint density at radius 2 is 1.76 bits per heavy atom. The van der Waals surface area contributed by atoms with Crippen LogP contribution < -0.4 is 5.32 Å². The average Bonchev–Trinajstić information content (AvgIpc) is 3.17. The van der Waals surface area contributed by atoms with Gasteiger partial charge in [-0.05, 0) is 40.4 Å². The monoisotopic (exact) mass is 431 g/mol. The molecule has 1 unspecified atom stereocenters. The Hall–Kier alpha value is -1.63. The lowest BCUT2D eigenvalue weighted by Gasteiger charge is -2.35. The van der Waals surface area contributed by atoms with Crippen molar-refractivity contribution in [2.24, 2.45) is 0 Å². The van der Waals surface area contributed by atoms with Crippen LogP contribution in [0, 0.1) is 0 Å². The molecule has 156 valence electrons. The normalized spacial score (nSPS) is 16.5. The van der Waals surface area contributed by atoms with Crippen molar-refractivity contribution in [1.29, 1.82) is 0 Å². The molecule has 0 aliphatic carbocycles. The molecule has 29 heavy (non-hydrogen) atoms. The van der Waals surface area contributed by atoms with Crippen molar-refractivity contribution in [2.75, 3.05) is 45.1 Å². The number of rotatable bonds is 7. The van der Waals surface area contributed by atoms with E-state index in [-0.39, 0.29) is 12.4 Å². The quantitative estimate of drug-likeness (QED) is 0.573. The van der Waals surface area contributed by atoms with Gasteiger partial charge in [-0.1, -0.05) is 36.4 Å². The number of halogens is 1. The number of nitrogens with one attached hydrogen (secondary N) is 1. The number of benzene rings is 2. The minimum atomic E-state index is -0.392. The molecular formula is C23H30ClN3OS. The van der Waals surface area contributed by atoms with E-state index in [9.17, 15) is 5.11 Å². The summed E-state index contributed by atoms with van der Waals surface area (Å²) in [6.07, 6.45) is 0.398. The highest BCUT2D eigenvalue weighted by molar-refractivity contribution is 7.17. The van der Waals surface area contributed by atoms with Crippen molar-refractivity contribution in [3.05, 3.63) is 65.0 Å². The molecule has 0 spiro atoms. The molecule has 4 nitrogen and oxygen atoms in total. The highest BCUT2D eigenvalue weighted by atomic mass is 35.5. The molecular weight excluding hydrogens is 402 g/mol. The molecule has 0 saturated carbocycles. The molecule has 0 bridgehead atoms. The minimum absolute atomic E-state index is 0. The summed E-state index contributed by atoms with van der Waals surface area (Å²) < 4.78 is 1.23. The number of fused-ring (bicyclic) bond motifs is 1. The SMILES string of the molecule is CNc1ccc2c(C(O)CCN3CCN(Cc4ccccc4)CC3)csc2c1.Cl. The number of anilines is 1. The van der Waals surface area contributed by atoms with Crippen molar-refractivity contribution in [2.45, 2.75) is 19.1 Å². The van der Waals surface area contributed by atoms with Crippen LogP contribution in [-0.2, 0) is 6.54 Å². The maximum atomic E-state index is 10.8. The molecule has 4 rings (SSSR count). The lowest BCUT2D eigenvalue weighted by Crippen LogP contribution is -2.46. The first-order valence-corrected chi connectivity index (χ1v) is 11.0. The Bertz CT molecular complexity index is 894. The smallest absolute Gasteiger partial charge is 0.0816 e. The molecule has 1 atom stereocenters. The summed E-state index contributed by atoms with van der Waals surface area (Å²) in [6.45, 7) is 6.34. The van der Waals surface area contributed by atoms with Crippen molar-refractivity contribution < 1.29 is 5.11 Å². The Balaban J connectivity index is 0.00000240. The highest BCUT2D eigenvalue weighted by Gasteiger charge is 2.19. The highest BCUT2D eigenvalue weighted by Crippen LogP contribution is 2.33. The molecule has 2 heterocycles. The third-order valence-electron chi connectivity index (χ3n) is 5.69. The molecule has 2 aromatic carbocycles. The summed E-state index contributed by atoms with van der Waals surface area (Å²) in [5.41, 5.74) is 3.58. The minimum Gasteiger partial charge on any atom is -0.388 e. The zero-order valence-electron chi connectivity index (χ0n) is 16.9. The van der Waals surface area contributed by atoms with Crippen LogP contribution in [0.4, 0.5) is 5.69 Å². The van der Waals surface area contributed by atoms with Crippen LogP contribution in [0.1, 0.15) is 23.7 Å². The number of hydrogen-bond acceptors (Lipinski definition) is 5. The van der Waals surface area contributed by atoms with Crippen molar-refractivity contribution >= 4 is 39.5 Å². The van der Waals surface area contributed by atoms with E-state index >= 15 is 0 Å². The zero-order chi connectivity index (χ0) is 19.3. The second-order valence-corrected chi connectivity index (χ2v) is 8.47. The Labute approximate surface area is 183 Å². The molecule has 1 saturated heterocycles. The number of hydrogen-bond donors (Lipinski definition) is 2. The third kappa shape index (κ3) is 5.50. The first-order valence-electron chi connectivity index (χ1n) is 10.1. The Morgan fingerprint density at radius 1 is 1.03 bits per heavy atom. The van der Waals surface area contributed by atoms with Crippen LogP contribution in [0.2, 0.25) is 0 Å². The predicted molar refractivity (Wildman–Crippen MR) is 126 cm³/mol. The van der Waals surface area contributed by atoms with E-state index in [1.165, 1.54) is 15.6 Å². The van der Waals surface area contributed by atoms with Gasteiger partial charge in [0.25, 0.3) is 0 Å². The third-order valence-corrected chi connectivity index (χ3v) is 6.65. The van der Waals surface area contributed by atoms with Crippen molar-refractivity contribution in [3.8, 4) is 0 Å². The van der Waals surface area contributed by atoms with Gasteiger partial charge in [-0.3, -0.25) is 4.90 Å². The summed E-state index contributed by atoms with van der Waals surface area (Å²) in [5.74, 6) is 0. The van der Waals surface area contributed by atoms with Crippen molar-refractivity contribution in [1.82, 2.24) is 9.80 Å². The van der Waals surface area contributed by atoms with Gasteiger partial charge in [0.2, 0.25) is 0 Å². The van der Waals surface area contributed by atoms with Crippen LogP contribution in [0.15, 0.2) is 53.9 Å². The lowest BCUT2D eigenvalue weighted by atomic mass is 10.0. The first kappa shape index (κ1) is 22.1. The van der Waals surface area contributed by atoms with E-state index in [1.807, 2.05) is 7.05 Å². The van der Waals surface area contributed by atoms with Gasteiger partial charge in [0, 0.05) is 56.7 Å². The van der Waals surface area contributed by atoms with Gasteiger partial charge in [0.15, 0.2) is 0 Å². The molecule has 3 aromatic rings. The summed E-state index contributed by atoms with van der Waals surface area (Å²) in [6, 6.07) is 17.1.